The minimum atomic E-state index is -0.148. The monoisotopic (exact) mass is 429 g/mol. The second kappa shape index (κ2) is 9.40. The predicted octanol–water partition coefficient (Wildman–Crippen LogP) is 3.64. The number of rotatable bonds is 5. The Morgan fingerprint density at radius 1 is 0.938 bits per heavy atom. The third-order valence-corrected chi connectivity index (χ3v) is 5.44. The number of nitriles is 1. The quantitative estimate of drug-likeness (QED) is 0.618. The van der Waals surface area contributed by atoms with Gasteiger partial charge in [-0.25, -0.2) is 0 Å². The average Bonchev–Trinajstić information content (AvgIpc) is 3.28. The highest BCUT2D eigenvalue weighted by molar-refractivity contribution is 5.95. The first-order chi connectivity index (χ1) is 15.5. The van der Waals surface area contributed by atoms with Gasteiger partial charge in [0.05, 0.1) is 11.6 Å². The van der Waals surface area contributed by atoms with E-state index < -0.39 is 0 Å². The number of carbonyl (C=O) groups excluding carboxylic acids is 2. The summed E-state index contributed by atoms with van der Waals surface area (Å²) in [5.74, 6) is 1.43. The number of benzene rings is 2. The Kier molecular flexibility index (Phi) is 6.22. The molecule has 3 aromatic rings. The van der Waals surface area contributed by atoms with E-state index in [-0.39, 0.29) is 18.4 Å². The van der Waals surface area contributed by atoms with Crippen molar-refractivity contribution in [1.29, 1.82) is 5.26 Å². The van der Waals surface area contributed by atoms with Crippen LogP contribution in [-0.2, 0) is 6.61 Å². The number of aryl methyl sites for hydroxylation is 1. The molecule has 1 saturated heterocycles. The zero-order chi connectivity index (χ0) is 22.5. The van der Waals surface area contributed by atoms with Gasteiger partial charge >= 0.3 is 0 Å². The van der Waals surface area contributed by atoms with Crippen LogP contribution in [0.5, 0.6) is 5.75 Å². The number of nitrogens with zero attached hydrogens (tertiary/aromatic N) is 3. The molecule has 0 atom stereocenters. The van der Waals surface area contributed by atoms with Gasteiger partial charge in [-0.15, -0.1) is 0 Å². The zero-order valence-corrected chi connectivity index (χ0v) is 17.8. The van der Waals surface area contributed by atoms with E-state index in [2.05, 4.69) is 6.07 Å². The summed E-state index contributed by atoms with van der Waals surface area (Å²) in [6.07, 6.45) is 0. The van der Waals surface area contributed by atoms with Crippen LogP contribution in [0.1, 0.15) is 37.8 Å². The van der Waals surface area contributed by atoms with Gasteiger partial charge in [-0.1, -0.05) is 18.2 Å². The summed E-state index contributed by atoms with van der Waals surface area (Å²) in [7, 11) is 0. The fourth-order valence-corrected chi connectivity index (χ4v) is 3.61. The lowest BCUT2D eigenvalue weighted by molar-refractivity contribution is 0.0517. The van der Waals surface area contributed by atoms with E-state index >= 15 is 0 Å². The van der Waals surface area contributed by atoms with Crippen molar-refractivity contribution < 1.29 is 18.7 Å². The fourth-order valence-electron chi connectivity index (χ4n) is 3.61. The van der Waals surface area contributed by atoms with Gasteiger partial charge in [0.25, 0.3) is 11.8 Å². The maximum Gasteiger partial charge on any atom is 0.289 e. The normalized spacial score (nSPS) is 13.5. The molecule has 7 nitrogen and oxygen atoms in total. The summed E-state index contributed by atoms with van der Waals surface area (Å²) in [4.78, 5) is 28.8. The maximum absolute atomic E-state index is 12.9. The van der Waals surface area contributed by atoms with Crippen LogP contribution in [0, 0.1) is 18.3 Å². The Labute approximate surface area is 186 Å². The number of hydrogen-bond acceptors (Lipinski definition) is 5. The van der Waals surface area contributed by atoms with E-state index in [1.165, 1.54) is 0 Å². The molecule has 0 spiro atoms. The van der Waals surface area contributed by atoms with E-state index in [0.717, 1.165) is 5.56 Å². The fraction of sp³-hybridized carbons (Fsp3) is 0.240. The Morgan fingerprint density at radius 2 is 1.59 bits per heavy atom. The molecule has 32 heavy (non-hydrogen) atoms. The summed E-state index contributed by atoms with van der Waals surface area (Å²) in [6, 6.07) is 19.9. The first-order valence-electron chi connectivity index (χ1n) is 10.4. The van der Waals surface area contributed by atoms with Crippen molar-refractivity contribution in [3.63, 3.8) is 0 Å². The van der Waals surface area contributed by atoms with E-state index in [1.807, 2.05) is 18.2 Å². The third kappa shape index (κ3) is 4.65. The minimum Gasteiger partial charge on any atom is -0.489 e. The van der Waals surface area contributed by atoms with Crippen molar-refractivity contribution in [3.05, 3.63) is 88.9 Å². The van der Waals surface area contributed by atoms with E-state index in [4.69, 9.17) is 14.4 Å². The maximum atomic E-state index is 12.9. The molecule has 162 valence electrons. The van der Waals surface area contributed by atoms with Crippen LogP contribution in [0.2, 0.25) is 0 Å². The van der Waals surface area contributed by atoms with Crippen molar-refractivity contribution in [2.75, 3.05) is 26.2 Å². The molecule has 1 aromatic heterocycles. The number of ether oxygens (including phenoxy) is 1. The first-order valence-corrected chi connectivity index (χ1v) is 10.4. The molecule has 1 aliphatic heterocycles. The lowest BCUT2D eigenvalue weighted by atomic mass is 10.1. The van der Waals surface area contributed by atoms with Crippen LogP contribution >= 0.6 is 0 Å². The summed E-state index contributed by atoms with van der Waals surface area (Å²) in [6.45, 7) is 3.94. The van der Waals surface area contributed by atoms with Gasteiger partial charge in [0, 0.05) is 37.3 Å². The van der Waals surface area contributed by atoms with Crippen LogP contribution < -0.4 is 4.74 Å². The van der Waals surface area contributed by atoms with Gasteiger partial charge < -0.3 is 19.0 Å². The van der Waals surface area contributed by atoms with Gasteiger partial charge in [-0.3, -0.25) is 9.59 Å². The molecule has 0 N–H and O–H groups in total. The van der Waals surface area contributed by atoms with Crippen LogP contribution in [0.3, 0.4) is 0 Å². The second-order valence-corrected chi connectivity index (χ2v) is 7.58. The number of furan rings is 1. The smallest absolute Gasteiger partial charge is 0.289 e. The molecule has 0 aliphatic carbocycles. The van der Waals surface area contributed by atoms with Crippen molar-refractivity contribution >= 4 is 11.8 Å². The molecule has 0 bridgehead atoms. The third-order valence-electron chi connectivity index (χ3n) is 5.44. The number of hydrogen-bond donors (Lipinski definition) is 0. The first kappa shape index (κ1) is 21.2. The van der Waals surface area contributed by atoms with Crippen molar-refractivity contribution in [2.45, 2.75) is 13.5 Å². The minimum absolute atomic E-state index is 0.0766. The van der Waals surface area contributed by atoms with Gasteiger partial charge in [-0.05, 0) is 49.4 Å². The lowest BCUT2D eigenvalue weighted by Crippen LogP contribution is -2.50. The Hall–Kier alpha value is -4.05. The molecular formula is C25H23N3O4. The highest BCUT2D eigenvalue weighted by Gasteiger charge is 2.26. The standard InChI is InChI=1S/C25H23N3O4/c1-18-6-11-23(32-18)25(30)28-14-12-27(13-15-28)24(29)19-7-9-22(10-8-19)31-17-21-5-3-2-4-20(21)16-26/h2-11H,12-15,17H2,1H3. The molecule has 2 heterocycles. The predicted molar refractivity (Wildman–Crippen MR) is 117 cm³/mol. The highest BCUT2D eigenvalue weighted by Crippen LogP contribution is 2.18. The Balaban J connectivity index is 1.31. The van der Waals surface area contributed by atoms with Gasteiger partial charge in [0.1, 0.15) is 18.1 Å². The molecule has 2 aromatic carbocycles. The molecule has 4 rings (SSSR count). The van der Waals surface area contributed by atoms with E-state index in [1.54, 1.807) is 59.2 Å². The average molecular weight is 429 g/mol. The number of piperazine rings is 1. The molecule has 7 heteroatoms. The van der Waals surface area contributed by atoms with Gasteiger partial charge in [0.15, 0.2) is 5.76 Å². The van der Waals surface area contributed by atoms with Crippen LogP contribution in [0.25, 0.3) is 0 Å². The van der Waals surface area contributed by atoms with E-state index in [9.17, 15) is 9.59 Å². The van der Waals surface area contributed by atoms with Crippen molar-refractivity contribution in [2.24, 2.45) is 0 Å². The van der Waals surface area contributed by atoms with Crippen molar-refractivity contribution in [3.8, 4) is 11.8 Å². The lowest BCUT2D eigenvalue weighted by Gasteiger charge is -2.34. The van der Waals surface area contributed by atoms with Gasteiger partial charge in [-0.2, -0.15) is 5.26 Å². The largest absolute Gasteiger partial charge is 0.489 e. The summed E-state index contributed by atoms with van der Waals surface area (Å²) in [5, 5.41) is 9.17. The second-order valence-electron chi connectivity index (χ2n) is 7.58. The van der Waals surface area contributed by atoms with Gasteiger partial charge in [0.2, 0.25) is 0 Å². The summed E-state index contributed by atoms with van der Waals surface area (Å²) in [5.41, 5.74) is 1.96. The van der Waals surface area contributed by atoms with Crippen LogP contribution in [-0.4, -0.2) is 47.8 Å². The van der Waals surface area contributed by atoms with Crippen molar-refractivity contribution in [1.82, 2.24) is 9.80 Å². The topological polar surface area (TPSA) is 86.8 Å². The SMILES string of the molecule is Cc1ccc(C(=O)N2CCN(C(=O)c3ccc(OCc4ccccc4C#N)cc3)CC2)o1. The zero-order valence-electron chi connectivity index (χ0n) is 17.8. The molecule has 1 fully saturated rings. The molecule has 0 saturated carbocycles. The molecule has 0 radical (unpaired) electrons. The number of amides is 2. The molecule has 2 amide bonds. The Morgan fingerprint density at radius 3 is 2.22 bits per heavy atom. The van der Waals surface area contributed by atoms with Crippen LogP contribution in [0.15, 0.2) is 65.1 Å². The molecule has 0 unspecified atom stereocenters. The van der Waals surface area contributed by atoms with E-state index in [0.29, 0.717) is 54.6 Å². The highest BCUT2D eigenvalue weighted by atomic mass is 16.5. The summed E-state index contributed by atoms with van der Waals surface area (Å²) < 4.78 is 11.2. The van der Waals surface area contributed by atoms with Crippen LogP contribution in [0.4, 0.5) is 0 Å². The molecular weight excluding hydrogens is 406 g/mol. The number of carbonyl (C=O) groups is 2. The summed E-state index contributed by atoms with van der Waals surface area (Å²) >= 11 is 0. The molecule has 1 aliphatic rings. The Bertz CT molecular complexity index is 1150.